The van der Waals surface area contributed by atoms with Crippen LogP contribution in [0.5, 0.6) is 0 Å². The van der Waals surface area contributed by atoms with E-state index in [1.807, 2.05) is 60.7 Å². The smallest absolute Gasteiger partial charge is 0.307 e. The highest BCUT2D eigenvalue weighted by Gasteiger charge is 2.21. The summed E-state index contributed by atoms with van der Waals surface area (Å²) < 4.78 is 0. The van der Waals surface area contributed by atoms with E-state index in [4.69, 9.17) is 4.84 Å². The number of carbonyl (C=O) groups is 2. The molecule has 2 aromatic carbocycles. The SMILES string of the molecule is O=C(C[C@@H](CCCc1ccccc1)C(=O)O)NOCc1ccccc1. The van der Waals surface area contributed by atoms with Gasteiger partial charge in [-0.2, -0.15) is 0 Å². The van der Waals surface area contributed by atoms with Gasteiger partial charge in [0.2, 0.25) is 5.91 Å². The van der Waals surface area contributed by atoms with E-state index >= 15 is 0 Å². The molecule has 0 aliphatic heterocycles. The highest BCUT2D eigenvalue weighted by atomic mass is 16.6. The number of hydrogen-bond donors (Lipinski definition) is 2. The first kappa shape index (κ1) is 18.7. The van der Waals surface area contributed by atoms with Gasteiger partial charge in [-0.1, -0.05) is 60.7 Å². The Labute approximate surface area is 147 Å². The van der Waals surface area contributed by atoms with Crippen LogP contribution in [0.15, 0.2) is 60.7 Å². The summed E-state index contributed by atoms with van der Waals surface area (Å²) >= 11 is 0. The summed E-state index contributed by atoms with van der Waals surface area (Å²) in [4.78, 5) is 28.4. The van der Waals surface area contributed by atoms with Crippen molar-refractivity contribution in [3.63, 3.8) is 0 Å². The number of hydrogen-bond acceptors (Lipinski definition) is 3. The van der Waals surface area contributed by atoms with Gasteiger partial charge in [0.15, 0.2) is 0 Å². The van der Waals surface area contributed by atoms with Crippen LogP contribution >= 0.6 is 0 Å². The lowest BCUT2D eigenvalue weighted by Gasteiger charge is -2.12. The number of aryl methyl sites for hydroxylation is 1. The summed E-state index contributed by atoms with van der Waals surface area (Å²) in [5.74, 6) is -2.07. The number of carboxylic acid groups (broad SMARTS) is 1. The van der Waals surface area contributed by atoms with Gasteiger partial charge < -0.3 is 5.11 Å². The number of nitrogens with one attached hydrogen (secondary N) is 1. The first-order valence-corrected chi connectivity index (χ1v) is 8.36. The van der Waals surface area contributed by atoms with E-state index in [2.05, 4.69) is 5.48 Å². The molecule has 5 heteroatoms. The Kier molecular flexibility index (Phi) is 7.66. The van der Waals surface area contributed by atoms with E-state index < -0.39 is 17.8 Å². The van der Waals surface area contributed by atoms with Crippen molar-refractivity contribution in [1.29, 1.82) is 0 Å². The van der Waals surface area contributed by atoms with E-state index in [1.54, 1.807) is 0 Å². The highest BCUT2D eigenvalue weighted by Crippen LogP contribution is 2.15. The molecule has 2 aromatic rings. The molecular weight excluding hydrogens is 318 g/mol. The third-order valence-corrected chi connectivity index (χ3v) is 3.91. The predicted octanol–water partition coefficient (Wildman–Crippen LogP) is 3.35. The van der Waals surface area contributed by atoms with Crippen molar-refractivity contribution >= 4 is 11.9 Å². The monoisotopic (exact) mass is 341 g/mol. The maximum atomic E-state index is 11.9. The molecule has 0 saturated heterocycles. The number of aliphatic carboxylic acids is 1. The molecule has 0 saturated carbocycles. The zero-order valence-corrected chi connectivity index (χ0v) is 14.1. The molecule has 0 bridgehead atoms. The molecule has 5 nitrogen and oxygen atoms in total. The Morgan fingerprint density at radius 3 is 2.16 bits per heavy atom. The topological polar surface area (TPSA) is 75.6 Å². The molecule has 2 rings (SSSR count). The van der Waals surface area contributed by atoms with Crippen LogP contribution in [0.1, 0.15) is 30.4 Å². The lowest BCUT2D eigenvalue weighted by molar-refractivity contribution is -0.147. The van der Waals surface area contributed by atoms with Crippen molar-refractivity contribution < 1.29 is 19.5 Å². The molecule has 25 heavy (non-hydrogen) atoms. The Morgan fingerprint density at radius 2 is 1.56 bits per heavy atom. The van der Waals surface area contributed by atoms with Gasteiger partial charge in [0, 0.05) is 6.42 Å². The Balaban J connectivity index is 1.70. The molecular formula is C20H23NO4. The summed E-state index contributed by atoms with van der Waals surface area (Å²) in [6.45, 7) is 0.248. The first-order chi connectivity index (χ1) is 12.1. The molecule has 1 atom stereocenters. The van der Waals surface area contributed by atoms with E-state index in [0.29, 0.717) is 6.42 Å². The van der Waals surface area contributed by atoms with Gasteiger partial charge in [0.25, 0.3) is 0 Å². The Morgan fingerprint density at radius 1 is 0.960 bits per heavy atom. The van der Waals surface area contributed by atoms with Crippen LogP contribution in [0.4, 0.5) is 0 Å². The predicted molar refractivity (Wildman–Crippen MR) is 94.5 cm³/mol. The fraction of sp³-hybridized carbons (Fsp3) is 0.300. The van der Waals surface area contributed by atoms with Gasteiger partial charge >= 0.3 is 5.97 Å². The van der Waals surface area contributed by atoms with Gasteiger partial charge in [0.1, 0.15) is 0 Å². The van der Waals surface area contributed by atoms with Crippen LogP contribution in [0.25, 0.3) is 0 Å². The molecule has 0 fully saturated rings. The standard InChI is InChI=1S/C20H23NO4/c22-19(21-25-15-17-10-5-2-6-11-17)14-18(20(23)24)13-7-12-16-8-3-1-4-9-16/h1-6,8-11,18H,7,12-15H2,(H,21,22)(H,23,24)/t18-/m1/s1. The van der Waals surface area contributed by atoms with Crippen molar-refractivity contribution in [2.45, 2.75) is 32.3 Å². The minimum absolute atomic E-state index is 0.0844. The van der Waals surface area contributed by atoms with Gasteiger partial charge in [-0.05, 0) is 30.4 Å². The molecule has 0 aromatic heterocycles. The molecule has 0 unspecified atom stereocenters. The number of rotatable bonds is 10. The van der Waals surface area contributed by atoms with Crippen LogP contribution in [-0.4, -0.2) is 17.0 Å². The molecule has 0 aliphatic rings. The van der Waals surface area contributed by atoms with Gasteiger partial charge in [-0.25, -0.2) is 5.48 Å². The van der Waals surface area contributed by atoms with Crippen LogP contribution in [-0.2, 0) is 27.5 Å². The molecule has 0 aliphatic carbocycles. The lowest BCUT2D eigenvalue weighted by Crippen LogP contribution is -2.28. The first-order valence-electron chi connectivity index (χ1n) is 8.36. The van der Waals surface area contributed by atoms with Crippen molar-refractivity contribution in [2.75, 3.05) is 0 Å². The number of hydroxylamine groups is 1. The summed E-state index contributed by atoms with van der Waals surface area (Å²) in [6.07, 6.45) is 1.89. The van der Waals surface area contributed by atoms with Crippen molar-refractivity contribution in [2.24, 2.45) is 5.92 Å². The summed E-state index contributed by atoms with van der Waals surface area (Å²) in [5.41, 5.74) is 4.42. The average molecular weight is 341 g/mol. The van der Waals surface area contributed by atoms with Gasteiger partial charge in [-0.15, -0.1) is 0 Å². The third kappa shape index (κ3) is 7.18. The fourth-order valence-electron chi connectivity index (χ4n) is 2.55. The second-order valence-electron chi connectivity index (χ2n) is 5.92. The fourth-order valence-corrected chi connectivity index (χ4v) is 2.55. The number of carbonyl (C=O) groups excluding carboxylic acids is 1. The van der Waals surface area contributed by atoms with Crippen molar-refractivity contribution in [3.05, 3.63) is 71.8 Å². The second-order valence-corrected chi connectivity index (χ2v) is 5.92. The quantitative estimate of drug-likeness (QED) is 0.650. The van der Waals surface area contributed by atoms with Crippen LogP contribution in [0, 0.1) is 5.92 Å². The molecule has 132 valence electrons. The van der Waals surface area contributed by atoms with Crippen LogP contribution < -0.4 is 5.48 Å². The maximum absolute atomic E-state index is 11.9. The molecule has 2 N–H and O–H groups in total. The lowest BCUT2D eigenvalue weighted by atomic mass is 9.96. The second kappa shape index (κ2) is 10.3. The summed E-state index contributed by atoms with van der Waals surface area (Å²) in [7, 11) is 0. The third-order valence-electron chi connectivity index (χ3n) is 3.91. The van der Waals surface area contributed by atoms with Gasteiger partial charge in [-0.3, -0.25) is 14.4 Å². The van der Waals surface area contributed by atoms with Crippen LogP contribution in [0.3, 0.4) is 0 Å². The molecule has 1 amide bonds. The normalized spacial score (nSPS) is 11.7. The molecule has 0 heterocycles. The maximum Gasteiger partial charge on any atom is 0.307 e. The summed E-state index contributed by atoms with van der Waals surface area (Å²) in [5, 5.41) is 9.30. The minimum atomic E-state index is -0.953. The van der Waals surface area contributed by atoms with Crippen LogP contribution in [0.2, 0.25) is 0 Å². The molecule has 0 spiro atoms. The highest BCUT2D eigenvalue weighted by molar-refractivity contribution is 5.81. The largest absolute Gasteiger partial charge is 0.481 e. The van der Waals surface area contributed by atoms with Gasteiger partial charge in [0.05, 0.1) is 12.5 Å². The van der Waals surface area contributed by atoms with Crippen molar-refractivity contribution in [3.8, 4) is 0 Å². The number of carboxylic acids is 1. The Hall–Kier alpha value is -2.66. The van der Waals surface area contributed by atoms with E-state index in [-0.39, 0.29) is 13.0 Å². The number of benzene rings is 2. The van der Waals surface area contributed by atoms with E-state index in [0.717, 1.165) is 18.4 Å². The zero-order chi connectivity index (χ0) is 17.9. The molecule has 0 radical (unpaired) electrons. The Bertz CT molecular complexity index is 658. The summed E-state index contributed by atoms with van der Waals surface area (Å²) in [6, 6.07) is 19.3. The average Bonchev–Trinajstić information content (AvgIpc) is 2.62. The number of amides is 1. The minimum Gasteiger partial charge on any atom is -0.481 e. The van der Waals surface area contributed by atoms with E-state index in [1.165, 1.54) is 5.56 Å². The zero-order valence-electron chi connectivity index (χ0n) is 14.1. The van der Waals surface area contributed by atoms with Crippen molar-refractivity contribution in [1.82, 2.24) is 5.48 Å². The van der Waals surface area contributed by atoms with E-state index in [9.17, 15) is 14.7 Å².